The van der Waals surface area contributed by atoms with E-state index in [1.807, 2.05) is 24.3 Å². The Morgan fingerprint density at radius 3 is 2.79 bits per heavy atom. The molecule has 1 aliphatic carbocycles. The monoisotopic (exact) mass is 462 g/mol. The molecular formula is C28H34N2O4. The van der Waals surface area contributed by atoms with E-state index in [-0.39, 0.29) is 6.10 Å². The van der Waals surface area contributed by atoms with E-state index in [1.54, 1.807) is 6.07 Å². The van der Waals surface area contributed by atoms with E-state index in [0.29, 0.717) is 24.6 Å². The average molecular weight is 463 g/mol. The third kappa shape index (κ3) is 4.27. The first-order valence-corrected chi connectivity index (χ1v) is 12.6. The molecular weight excluding hydrogens is 428 g/mol. The molecule has 180 valence electrons. The molecule has 6 nitrogen and oxygen atoms in total. The number of benzene rings is 2. The van der Waals surface area contributed by atoms with E-state index in [4.69, 9.17) is 9.47 Å². The van der Waals surface area contributed by atoms with Crippen LogP contribution in [0.25, 0.3) is 22.2 Å². The van der Waals surface area contributed by atoms with Crippen LogP contribution in [0.2, 0.25) is 0 Å². The average Bonchev–Trinajstić information content (AvgIpc) is 3.04. The fourth-order valence-electron chi connectivity index (χ4n) is 5.60. The first kappa shape index (κ1) is 22.8. The lowest BCUT2D eigenvalue weighted by atomic mass is 9.81. The van der Waals surface area contributed by atoms with Gasteiger partial charge in [-0.15, -0.1) is 0 Å². The van der Waals surface area contributed by atoms with Gasteiger partial charge in [0.25, 0.3) is 0 Å². The number of hydrogen-bond acceptors (Lipinski definition) is 4. The molecule has 0 radical (unpaired) electrons. The Hall–Kier alpha value is -2.99. The zero-order valence-electron chi connectivity index (χ0n) is 20.1. The lowest BCUT2D eigenvalue weighted by Crippen LogP contribution is -2.28. The summed E-state index contributed by atoms with van der Waals surface area (Å²) < 4.78 is 14.7. The van der Waals surface area contributed by atoms with Gasteiger partial charge in [-0.2, -0.15) is 0 Å². The van der Waals surface area contributed by atoms with Crippen LogP contribution in [-0.4, -0.2) is 41.4 Å². The third-order valence-corrected chi connectivity index (χ3v) is 7.16. The summed E-state index contributed by atoms with van der Waals surface area (Å²) in [5, 5.41) is 14.1. The Labute approximate surface area is 200 Å². The second kappa shape index (κ2) is 9.71. The van der Waals surface area contributed by atoms with E-state index in [0.717, 1.165) is 35.7 Å². The highest BCUT2D eigenvalue weighted by molar-refractivity contribution is 5.98. The van der Waals surface area contributed by atoms with E-state index < -0.39 is 5.97 Å². The van der Waals surface area contributed by atoms with E-state index >= 15 is 0 Å². The summed E-state index contributed by atoms with van der Waals surface area (Å²) in [6, 6.07) is 11.8. The van der Waals surface area contributed by atoms with Crippen molar-refractivity contribution in [2.24, 2.45) is 0 Å². The smallest absolute Gasteiger partial charge is 0.335 e. The maximum atomic E-state index is 11.7. The fourth-order valence-corrected chi connectivity index (χ4v) is 5.60. The molecule has 6 heteroatoms. The maximum absolute atomic E-state index is 11.7. The maximum Gasteiger partial charge on any atom is 0.335 e. The number of nitrogens with zero attached hydrogens (tertiary/aromatic N) is 1. The zero-order valence-corrected chi connectivity index (χ0v) is 20.1. The molecule has 1 fully saturated rings. The molecule has 1 aliphatic heterocycles. The number of aromatic carboxylic acids is 1. The van der Waals surface area contributed by atoms with Crippen molar-refractivity contribution in [2.45, 2.75) is 64.5 Å². The van der Waals surface area contributed by atoms with Gasteiger partial charge in [-0.3, -0.25) is 0 Å². The molecule has 2 aromatic carbocycles. The Morgan fingerprint density at radius 2 is 2.03 bits per heavy atom. The molecule has 2 aliphatic rings. The van der Waals surface area contributed by atoms with Crippen LogP contribution in [0.15, 0.2) is 36.4 Å². The van der Waals surface area contributed by atoms with Crippen molar-refractivity contribution in [3.8, 4) is 22.8 Å². The summed E-state index contributed by atoms with van der Waals surface area (Å²) >= 11 is 0. The molecule has 5 rings (SSSR count). The third-order valence-electron chi connectivity index (χ3n) is 7.16. The normalized spacial score (nSPS) is 16.9. The molecule has 34 heavy (non-hydrogen) atoms. The Morgan fingerprint density at radius 1 is 1.21 bits per heavy atom. The molecule has 0 unspecified atom stereocenters. The number of hydrogen-bond donors (Lipinski definition) is 2. The minimum absolute atomic E-state index is 0.0578. The predicted molar refractivity (Wildman–Crippen MR) is 134 cm³/mol. The first-order valence-electron chi connectivity index (χ1n) is 12.6. The van der Waals surface area contributed by atoms with Gasteiger partial charge in [0, 0.05) is 29.1 Å². The molecule has 2 heterocycles. The molecule has 1 atom stereocenters. The van der Waals surface area contributed by atoms with Gasteiger partial charge in [-0.1, -0.05) is 32.3 Å². The minimum Gasteiger partial charge on any atom is -0.491 e. The lowest BCUT2D eigenvalue weighted by molar-refractivity contribution is 0.0697. The van der Waals surface area contributed by atoms with Crippen molar-refractivity contribution in [1.29, 1.82) is 0 Å². The molecule has 0 bridgehead atoms. The summed E-state index contributed by atoms with van der Waals surface area (Å²) in [4.78, 5) is 11.7. The second-order valence-corrected chi connectivity index (χ2v) is 9.53. The highest BCUT2D eigenvalue weighted by Crippen LogP contribution is 2.47. The van der Waals surface area contributed by atoms with Crippen molar-refractivity contribution in [1.82, 2.24) is 9.88 Å². The highest BCUT2D eigenvalue weighted by atomic mass is 16.5. The van der Waals surface area contributed by atoms with Crippen molar-refractivity contribution in [3.05, 3.63) is 47.5 Å². The number of rotatable bonds is 7. The predicted octanol–water partition coefficient (Wildman–Crippen LogP) is 5.82. The van der Waals surface area contributed by atoms with Crippen LogP contribution in [0.1, 0.15) is 67.8 Å². The van der Waals surface area contributed by atoms with Crippen molar-refractivity contribution < 1.29 is 19.4 Å². The molecule has 0 saturated heterocycles. The molecule has 0 spiro atoms. The second-order valence-electron chi connectivity index (χ2n) is 9.53. The number of likely N-dealkylation sites (N-methyl/N-ethyl adjacent to an activating group) is 1. The fraction of sp³-hybridized carbons (Fsp3) is 0.464. The van der Waals surface area contributed by atoms with Crippen LogP contribution in [0, 0.1) is 0 Å². The first-order chi connectivity index (χ1) is 16.6. The van der Waals surface area contributed by atoms with Gasteiger partial charge in [0.2, 0.25) is 0 Å². The number of aromatic nitrogens is 1. The number of carbonyl (C=O) groups is 1. The van der Waals surface area contributed by atoms with E-state index in [2.05, 4.69) is 29.8 Å². The number of carboxylic acids is 1. The molecule has 2 N–H and O–H groups in total. The Bertz CT molecular complexity index is 1190. The van der Waals surface area contributed by atoms with Gasteiger partial charge >= 0.3 is 5.97 Å². The van der Waals surface area contributed by atoms with Crippen molar-refractivity contribution >= 4 is 16.9 Å². The number of ether oxygens (including phenoxy) is 2. The summed E-state index contributed by atoms with van der Waals surface area (Å²) in [6.07, 6.45) is 6.17. The SMILES string of the molecule is CCNC[C@H](C)Oc1ccc2c(c1)OCCn1c-2c(C2CCCCC2)c2ccc(C(=O)O)cc21. The molecule has 3 aromatic rings. The summed E-state index contributed by atoms with van der Waals surface area (Å²) in [7, 11) is 0. The minimum atomic E-state index is -0.893. The van der Waals surface area contributed by atoms with Crippen molar-refractivity contribution in [3.63, 3.8) is 0 Å². The van der Waals surface area contributed by atoms with Gasteiger partial charge in [0.1, 0.15) is 24.2 Å². The highest BCUT2D eigenvalue weighted by Gasteiger charge is 2.29. The zero-order chi connectivity index (χ0) is 23.7. The molecule has 1 saturated carbocycles. The van der Waals surface area contributed by atoms with Crippen molar-refractivity contribution in [2.75, 3.05) is 19.7 Å². The van der Waals surface area contributed by atoms with Gasteiger partial charge < -0.3 is 24.5 Å². The van der Waals surface area contributed by atoms with Crippen LogP contribution >= 0.6 is 0 Å². The van der Waals surface area contributed by atoms with Gasteiger partial charge in [0.05, 0.1) is 17.8 Å². The number of carboxylic acid groups (broad SMARTS) is 1. The van der Waals surface area contributed by atoms with Gasteiger partial charge in [-0.25, -0.2) is 4.79 Å². The quantitative estimate of drug-likeness (QED) is 0.463. The van der Waals surface area contributed by atoms with E-state index in [9.17, 15) is 9.90 Å². The largest absolute Gasteiger partial charge is 0.491 e. The summed E-state index contributed by atoms with van der Waals surface area (Å²) in [5.41, 5.74) is 4.92. The van der Waals surface area contributed by atoms with E-state index in [1.165, 1.54) is 48.7 Å². The Kier molecular flexibility index (Phi) is 6.50. The number of nitrogens with one attached hydrogen (secondary N) is 1. The number of fused-ring (bicyclic) bond motifs is 5. The Balaban J connectivity index is 1.63. The van der Waals surface area contributed by atoms with Gasteiger partial charge in [0.15, 0.2) is 0 Å². The van der Waals surface area contributed by atoms with Gasteiger partial charge in [-0.05, 0) is 62.1 Å². The van der Waals surface area contributed by atoms with Crippen LogP contribution in [-0.2, 0) is 6.54 Å². The summed E-state index contributed by atoms with van der Waals surface area (Å²) in [6.45, 7) is 7.07. The molecule has 0 amide bonds. The lowest BCUT2D eigenvalue weighted by Gasteiger charge is -2.24. The van der Waals surface area contributed by atoms with Crippen LogP contribution in [0.5, 0.6) is 11.5 Å². The molecule has 1 aromatic heterocycles. The standard InChI is InChI=1S/C28H34N2O4/c1-3-29-17-18(2)34-21-10-12-23-25(16-21)33-14-13-30-24-15-20(28(31)32)9-11-22(24)26(27(23)30)19-7-5-4-6-8-19/h9-12,15-16,18-19,29H,3-8,13-14,17H2,1-2H3,(H,31,32)/t18-/m0/s1. The van der Waals surface area contributed by atoms with Crippen LogP contribution < -0.4 is 14.8 Å². The topological polar surface area (TPSA) is 72.7 Å². The van der Waals surface area contributed by atoms with Crippen LogP contribution in [0.4, 0.5) is 0 Å². The summed E-state index contributed by atoms with van der Waals surface area (Å²) in [5.74, 6) is 1.23. The van der Waals surface area contributed by atoms with Crippen LogP contribution in [0.3, 0.4) is 0 Å².